The highest BCUT2D eigenvalue weighted by Crippen LogP contribution is 2.28. The van der Waals surface area contributed by atoms with E-state index in [1.807, 2.05) is 74.6 Å². The molecule has 0 bridgehead atoms. The third-order valence-electron chi connectivity index (χ3n) is 7.47. The van der Waals surface area contributed by atoms with E-state index in [1.54, 1.807) is 4.57 Å². The minimum absolute atomic E-state index is 0.226. The van der Waals surface area contributed by atoms with Gasteiger partial charge < -0.3 is 14.8 Å². The summed E-state index contributed by atoms with van der Waals surface area (Å²) in [5.41, 5.74) is 4.98. The van der Waals surface area contributed by atoms with E-state index < -0.39 is 11.7 Å². The lowest BCUT2D eigenvalue weighted by atomic mass is 9.98. The fourth-order valence-electron chi connectivity index (χ4n) is 4.69. The smallest absolute Gasteiger partial charge is 0.298 e. The second-order valence-corrected chi connectivity index (χ2v) is 9.94. The maximum absolute atomic E-state index is 13.2. The summed E-state index contributed by atoms with van der Waals surface area (Å²) in [5.74, 6) is -1.18. The monoisotopic (exact) mass is 472 g/mol. The molecule has 35 heavy (non-hydrogen) atoms. The van der Waals surface area contributed by atoms with E-state index in [1.165, 1.54) is 0 Å². The number of rotatable bonds is 7. The quantitative estimate of drug-likeness (QED) is 0.382. The number of carbonyl (C=O) groups is 2. The number of ketones is 1. The van der Waals surface area contributed by atoms with Crippen molar-refractivity contribution in [3.8, 4) is 11.1 Å². The summed E-state index contributed by atoms with van der Waals surface area (Å²) in [6, 6.07) is 19.4. The van der Waals surface area contributed by atoms with Crippen LogP contribution in [0.5, 0.6) is 0 Å². The average molecular weight is 473 g/mol. The molecule has 0 radical (unpaired) electrons. The normalized spacial score (nSPS) is 14.7. The van der Waals surface area contributed by atoms with Crippen molar-refractivity contribution in [2.75, 3.05) is 36.4 Å². The number of hydrogen-bond donors (Lipinski definition) is 1. The number of carbonyl (C=O) groups excluding carboxylic acids is 2. The Balaban J connectivity index is 1.43. The van der Waals surface area contributed by atoms with Crippen LogP contribution in [0.3, 0.4) is 0 Å². The van der Waals surface area contributed by atoms with Gasteiger partial charge in [-0.2, -0.15) is 0 Å². The average Bonchev–Trinajstić information content (AvgIpc) is 3.18. The first-order chi connectivity index (χ1) is 16.7. The number of anilines is 2. The number of nitrogens with zero attached hydrogens (tertiary/aromatic N) is 3. The van der Waals surface area contributed by atoms with Gasteiger partial charge in [-0.3, -0.25) is 14.5 Å². The lowest BCUT2D eigenvalue weighted by Gasteiger charge is -2.44. The maximum Gasteiger partial charge on any atom is 0.298 e. The second kappa shape index (κ2) is 10.1. The van der Waals surface area contributed by atoms with E-state index in [4.69, 9.17) is 0 Å². The molecule has 2 aromatic carbocycles. The van der Waals surface area contributed by atoms with E-state index in [-0.39, 0.29) is 5.54 Å². The first-order valence-corrected chi connectivity index (χ1v) is 12.4. The van der Waals surface area contributed by atoms with Gasteiger partial charge >= 0.3 is 0 Å². The van der Waals surface area contributed by atoms with Gasteiger partial charge in [0, 0.05) is 61.4 Å². The molecule has 184 valence electrons. The summed E-state index contributed by atoms with van der Waals surface area (Å²) in [4.78, 5) is 31.0. The highest BCUT2D eigenvalue weighted by molar-refractivity contribution is 6.47. The molecule has 1 saturated heterocycles. The van der Waals surface area contributed by atoms with Gasteiger partial charge in [-0.1, -0.05) is 37.3 Å². The van der Waals surface area contributed by atoms with Gasteiger partial charge in [-0.15, -0.1) is 0 Å². The van der Waals surface area contributed by atoms with Crippen LogP contribution in [-0.4, -0.2) is 52.9 Å². The summed E-state index contributed by atoms with van der Waals surface area (Å²) < 4.78 is 1.78. The molecule has 2 heterocycles. The minimum atomic E-state index is -0.633. The summed E-state index contributed by atoms with van der Waals surface area (Å²) in [6.07, 6.45) is 1.13. The van der Waals surface area contributed by atoms with Crippen LogP contribution in [0.2, 0.25) is 0 Å². The van der Waals surface area contributed by atoms with E-state index in [0.717, 1.165) is 55.1 Å². The van der Waals surface area contributed by atoms with Gasteiger partial charge in [0.15, 0.2) is 0 Å². The molecule has 0 aliphatic carbocycles. The fourth-order valence-corrected chi connectivity index (χ4v) is 4.69. The lowest BCUT2D eigenvalue weighted by Crippen LogP contribution is -2.54. The van der Waals surface area contributed by atoms with Gasteiger partial charge in [0.2, 0.25) is 0 Å². The molecule has 1 aliphatic rings. The highest BCUT2D eigenvalue weighted by Gasteiger charge is 2.28. The van der Waals surface area contributed by atoms with Gasteiger partial charge in [0.05, 0.1) is 0 Å². The lowest BCUT2D eigenvalue weighted by molar-refractivity contribution is -0.112. The number of hydrogen-bond acceptors (Lipinski definition) is 4. The summed E-state index contributed by atoms with van der Waals surface area (Å²) >= 11 is 0. The molecular formula is C29H36N4O2. The van der Waals surface area contributed by atoms with Gasteiger partial charge in [0.25, 0.3) is 11.7 Å². The Morgan fingerprint density at radius 3 is 2.17 bits per heavy atom. The fraction of sp³-hybridized carbons (Fsp3) is 0.379. The Morgan fingerprint density at radius 2 is 1.57 bits per heavy atom. The second-order valence-electron chi connectivity index (χ2n) is 9.94. The molecule has 6 heteroatoms. The van der Waals surface area contributed by atoms with Crippen molar-refractivity contribution in [1.29, 1.82) is 0 Å². The van der Waals surface area contributed by atoms with Crippen LogP contribution in [0, 0.1) is 6.92 Å². The zero-order valence-corrected chi connectivity index (χ0v) is 21.5. The molecular weight excluding hydrogens is 436 g/mol. The molecule has 0 spiro atoms. The van der Waals surface area contributed by atoms with Crippen LogP contribution in [0.15, 0.2) is 60.7 Å². The third kappa shape index (κ3) is 5.17. The van der Waals surface area contributed by atoms with Crippen LogP contribution in [0.25, 0.3) is 11.1 Å². The van der Waals surface area contributed by atoms with Crippen molar-refractivity contribution < 1.29 is 9.59 Å². The van der Waals surface area contributed by atoms with Crippen molar-refractivity contribution in [3.63, 3.8) is 0 Å². The number of aryl methyl sites for hydroxylation is 1. The zero-order valence-electron chi connectivity index (χ0n) is 21.5. The zero-order chi connectivity index (χ0) is 25.2. The van der Waals surface area contributed by atoms with E-state index in [9.17, 15) is 9.59 Å². The minimum Gasteiger partial charge on any atom is -0.369 e. The Morgan fingerprint density at radius 1 is 0.943 bits per heavy atom. The molecule has 1 aromatic heterocycles. The number of aromatic nitrogens is 1. The predicted molar refractivity (Wildman–Crippen MR) is 143 cm³/mol. The molecule has 0 saturated carbocycles. The van der Waals surface area contributed by atoms with Crippen LogP contribution < -0.4 is 10.2 Å². The topological polar surface area (TPSA) is 57.6 Å². The number of nitrogens with one attached hydrogen (secondary N) is 1. The molecule has 1 N–H and O–H groups in total. The largest absolute Gasteiger partial charge is 0.369 e. The van der Waals surface area contributed by atoms with Gasteiger partial charge in [-0.25, -0.2) is 0 Å². The number of Topliss-reactive ketones (excluding diaryl/α,β-unsaturated/α-hetero) is 1. The first-order valence-electron chi connectivity index (χ1n) is 12.4. The molecule has 0 atom stereocenters. The summed E-state index contributed by atoms with van der Waals surface area (Å²) in [5, 5.41) is 2.79. The summed E-state index contributed by atoms with van der Waals surface area (Å²) in [6.45, 7) is 12.8. The number of amides is 1. The molecule has 3 aromatic rings. The van der Waals surface area contributed by atoms with Crippen LogP contribution in [-0.2, 0) is 11.8 Å². The number of benzene rings is 2. The third-order valence-corrected chi connectivity index (χ3v) is 7.47. The predicted octanol–water partition coefficient (Wildman–Crippen LogP) is 5.13. The first kappa shape index (κ1) is 24.7. The highest BCUT2D eigenvalue weighted by atomic mass is 16.2. The number of piperazine rings is 1. The van der Waals surface area contributed by atoms with Crippen molar-refractivity contribution in [2.45, 2.75) is 39.7 Å². The van der Waals surface area contributed by atoms with Crippen LogP contribution >= 0.6 is 0 Å². The van der Waals surface area contributed by atoms with E-state index >= 15 is 0 Å². The van der Waals surface area contributed by atoms with Gasteiger partial charge in [0.1, 0.15) is 5.69 Å². The summed E-state index contributed by atoms with van der Waals surface area (Å²) in [7, 11) is 1.82. The molecule has 4 rings (SSSR count). The van der Waals surface area contributed by atoms with Gasteiger partial charge in [-0.05, 0) is 63.1 Å². The van der Waals surface area contributed by atoms with E-state index in [0.29, 0.717) is 11.4 Å². The van der Waals surface area contributed by atoms with Crippen molar-refractivity contribution in [1.82, 2.24) is 9.47 Å². The Bertz CT molecular complexity index is 1190. The molecule has 1 amide bonds. The van der Waals surface area contributed by atoms with Crippen molar-refractivity contribution >= 4 is 23.1 Å². The Kier molecular flexibility index (Phi) is 7.13. The molecule has 0 unspecified atom stereocenters. The standard InChI is InChI=1S/C29H36N4O2/c1-6-29(3,4)33-18-16-32(17-19-33)24-14-12-23(13-15-24)30-28(35)27(34)26-25(20-21(2)31(26)5)22-10-8-7-9-11-22/h7-15,20H,6,16-19H2,1-5H3,(H,30,35). The van der Waals surface area contributed by atoms with Crippen LogP contribution in [0.1, 0.15) is 43.4 Å². The van der Waals surface area contributed by atoms with E-state index in [2.05, 4.69) is 35.9 Å². The SMILES string of the molecule is CCC(C)(C)N1CCN(c2ccc(NC(=O)C(=O)c3c(-c4ccccc4)cc(C)n3C)cc2)CC1. The molecule has 6 nitrogen and oxygen atoms in total. The Hall–Kier alpha value is -3.38. The van der Waals surface area contributed by atoms with Crippen molar-refractivity contribution in [3.05, 3.63) is 72.1 Å². The Labute approximate surface area is 208 Å². The van der Waals surface area contributed by atoms with Crippen LogP contribution in [0.4, 0.5) is 11.4 Å². The van der Waals surface area contributed by atoms with Crippen molar-refractivity contribution in [2.24, 2.45) is 7.05 Å². The maximum atomic E-state index is 13.2. The molecule has 1 fully saturated rings. The molecule has 1 aliphatic heterocycles.